The van der Waals surface area contributed by atoms with Crippen LogP contribution in [-0.4, -0.2) is 17.1 Å². The van der Waals surface area contributed by atoms with Crippen molar-refractivity contribution in [1.29, 1.82) is 0 Å². The van der Waals surface area contributed by atoms with Gasteiger partial charge in [-0.05, 0) is 44.7 Å². The number of anilines is 1. The van der Waals surface area contributed by atoms with Crippen molar-refractivity contribution in [3.05, 3.63) is 34.7 Å². The van der Waals surface area contributed by atoms with Gasteiger partial charge in [0.25, 0.3) is 0 Å². The van der Waals surface area contributed by atoms with Gasteiger partial charge in [-0.25, -0.2) is 4.98 Å². The van der Waals surface area contributed by atoms with E-state index in [0.29, 0.717) is 12.1 Å². The summed E-state index contributed by atoms with van der Waals surface area (Å²) < 4.78 is 0. The topological polar surface area (TPSA) is 50.9 Å². The van der Waals surface area contributed by atoms with Crippen LogP contribution in [0, 0.1) is 6.92 Å². The van der Waals surface area contributed by atoms with Crippen molar-refractivity contribution in [2.45, 2.75) is 44.7 Å². The Morgan fingerprint density at radius 1 is 1.25 bits per heavy atom. The van der Waals surface area contributed by atoms with Crippen LogP contribution < -0.4 is 11.1 Å². The Morgan fingerprint density at radius 3 is 2.75 bits per heavy atom. The number of hydrogen-bond acceptors (Lipinski definition) is 4. The van der Waals surface area contributed by atoms with Crippen molar-refractivity contribution in [3.63, 3.8) is 0 Å². The van der Waals surface area contributed by atoms with E-state index in [1.165, 1.54) is 24.1 Å². The Balaban J connectivity index is 1.71. The van der Waals surface area contributed by atoms with Crippen LogP contribution in [0.15, 0.2) is 29.6 Å². The number of aromatic nitrogens is 1. The smallest absolute Gasteiger partial charge is 0.0901 e. The second-order valence-electron chi connectivity index (χ2n) is 5.59. The van der Waals surface area contributed by atoms with Crippen LogP contribution in [0.2, 0.25) is 0 Å². The largest absolute Gasteiger partial charge is 0.382 e. The summed E-state index contributed by atoms with van der Waals surface area (Å²) in [7, 11) is 0. The molecule has 3 nitrogen and oxygen atoms in total. The fraction of sp³-hybridized carbons (Fsp3) is 0.438. The second-order valence-corrected chi connectivity index (χ2v) is 6.65. The summed E-state index contributed by atoms with van der Waals surface area (Å²) >= 11 is 1.70. The predicted octanol–water partition coefficient (Wildman–Crippen LogP) is 3.80. The van der Waals surface area contributed by atoms with Crippen molar-refractivity contribution < 1.29 is 0 Å². The van der Waals surface area contributed by atoms with Gasteiger partial charge >= 0.3 is 0 Å². The Labute approximate surface area is 124 Å². The summed E-state index contributed by atoms with van der Waals surface area (Å²) in [5, 5.41) is 6.87. The van der Waals surface area contributed by atoms with Gasteiger partial charge in [0.05, 0.1) is 10.7 Å². The summed E-state index contributed by atoms with van der Waals surface area (Å²) in [5.74, 6) is 0. The molecule has 0 spiro atoms. The standard InChI is InChI=1S/C16H21N3S/c1-11-18-16(10-20-11)12-3-2-4-15(9-12)19-14-7-5-13(17)6-8-14/h2-4,9-10,13-14,19H,5-8,17H2,1H3. The van der Waals surface area contributed by atoms with Gasteiger partial charge in [-0.15, -0.1) is 11.3 Å². The first-order valence-corrected chi connectivity index (χ1v) is 8.13. The van der Waals surface area contributed by atoms with E-state index in [1.807, 2.05) is 6.92 Å². The molecule has 1 saturated carbocycles. The zero-order chi connectivity index (χ0) is 13.9. The van der Waals surface area contributed by atoms with Crippen molar-refractivity contribution in [2.75, 3.05) is 5.32 Å². The third-order valence-corrected chi connectivity index (χ3v) is 4.69. The van der Waals surface area contributed by atoms with E-state index >= 15 is 0 Å². The van der Waals surface area contributed by atoms with E-state index < -0.39 is 0 Å². The van der Waals surface area contributed by atoms with Crippen LogP contribution in [0.4, 0.5) is 5.69 Å². The first kappa shape index (κ1) is 13.6. The molecule has 0 unspecified atom stereocenters. The van der Waals surface area contributed by atoms with Crippen LogP contribution in [0.25, 0.3) is 11.3 Å². The zero-order valence-corrected chi connectivity index (χ0v) is 12.6. The molecule has 0 atom stereocenters. The predicted molar refractivity (Wildman–Crippen MR) is 86.1 cm³/mol. The van der Waals surface area contributed by atoms with E-state index in [2.05, 4.69) is 39.9 Å². The molecule has 0 bridgehead atoms. The third-order valence-electron chi connectivity index (χ3n) is 3.92. The van der Waals surface area contributed by atoms with Gasteiger partial charge in [0.15, 0.2) is 0 Å². The van der Waals surface area contributed by atoms with E-state index in [9.17, 15) is 0 Å². The number of thiazole rings is 1. The maximum atomic E-state index is 5.96. The molecule has 106 valence electrons. The molecule has 1 aromatic heterocycles. The van der Waals surface area contributed by atoms with Gasteiger partial charge in [0.1, 0.15) is 0 Å². The zero-order valence-electron chi connectivity index (χ0n) is 11.8. The Bertz CT molecular complexity index is 571. The quantitative estimate of drug-likeness (QED) is 0.902. The monoisotopic (exact) mass is 287 g/mol. The Kier molecular flexibility index (Phi) is 4.03. The molecule has 3 N–H and O–H groups in total. The minimum atomic E-state index is 0.400. The number of benzene rings is 1. The highest BCUT2D eigenvalue weighted by Gasteiger charge is 2.18. The van der Waals surface area contributed by atoms with Gasteiger partial charge in [-0.2, -0.15) is 0 Å². The molecule has 0 saturated heterocycles. The van der Waals surface area contributed by atoms with Crippen LogP contribution >= 0.6 is 11.3 Å². The van der Waals surface area contributed by atoms with Gasteiger partial charge in [-0.3, -0.25) is 0 Å². The first-order chi connectivity index (χ1) is 9.70. The number of hydrogen-bond donors (Lipinski definition) is 2. The fourth-order valence-corrected chi connectivity index (χ4v) is 3.39. The number of nitrogens with one attached hydrogen (secondary N) is 1. The second kappa shape index (κ2) is 5.94. The fourth-order valence-electron chi connectivity index (χ4n) is 2.76. The molecule has 1 aromatic carbocycles. The summed E-state index contributed by atoms with van der Waals surface area (Å²) in [6.45, 7) is 2.04. The molecule has 1 fully saturated rings. The van der Waals surface area contributed by atoms with Crippen LogP contribution in [0.3, 0.4) is 0 Å². The van der Waals surface area contributed by atoms with Crippen molar-refractivity contribution in [3.8, 4) is 11.3 Å². The number of rotatable bonds is 3. The van der Waals surface area contributed by atoms with Gasteiger partial charge in [0, 0.05) is 28.7 Å². The lowest BCUT2D eigenvalue weighted by atomic mass is 9.91. The number of nitrogens with zero attached hydrogens (tertiary/aromatic N) is 1. The summed E-state index contributed by atoms with van der Waals surface area (Å²) in [4.78, 5) is 4.55. The van der Waals surface area contributed by atoms with Gasteiger partial charge in [-0.1, -0.05) is 12.1 Å². The van der Waals surface area contributed by atoms with Crippen molar-refractivity contribution >= 4 is 17.0 Å². The van der Waals surface area contributed by atoms with Crippen molar-refractivity contribution in [2.24, 2.45) is 5.73 Å². The van der Waals surface area contributed by atoms with E-state index in [-0.39, 0.29) is 0 Å². The highest BCUT2D eigenvalue weighted by Crippen LogP contribution is 2.26. The molecule has 2 aromatic rings. The Morgan fingerprint density at radius 2 is 2.05 bits per heavy atom. The maximum absolute atomic E-state index is 5.96. The molecule has 1 heterocycles. The lowest BCUT2D eigenvalue weighted by Gasteiger charge is -2.27. The average Bonchev–Trinajstić information content (AvgIpc) is 2.89. The molecule has 1 aliphatic rings. The van der Waals surface area contributed by atoms with E-state index in [1.54, 1.807) is 11.3 Å². The van der Waals surface area contributed by atoms with Gasteiger partial charge < -0.3 is 11.1 Å². The van der Waals surface area contributed by atoms with Crippen LogP contribution in [0.5, 0.6) is 0 Å². The molecule has 20 heavy (non-hydrogen) atoms. The third kappa shape index (κ3) is 3.19. The molecule has 0 aliphatic heterocycles. The summed E-state index contributed by atoms with van der Waals surface area (Å²) in [5.41, 5.74) is 9.40. The maximum Gasteiger partial charge on any atom is 0.0901 e. The summed E-state index contributed by atoms with van der Waals surface area (Å²) in [6.07, 6.45) is 4.59. The molecule has 4 heteroatoms. The van der Waals surface area contributed by atoms with Crippen molar-refractivity contribution in [1.82, 2.24) is 4.98 Å². The van der Waals surface area contributed by atoms with E-state index in [4.69, 9.17) is 5.73 Å². The summed E-state index contributed by atoms with van der Waals surface area (Å²) in [6, 6.07) is 9.51. The first-order valence-electron chi connectivity index (χ1n) is 7.25. The molecule has 3 rings (SSSR count). The number of nitrogens with two attached hydrogens (primary N) is 1. The normalized spacial score (nSPS) is 22.7. The highest BCUT2D eigenvalue weighted by atomic mass is 32.1. The van der Waals surface area contributed by atoms with E-state index in [0.717, 1.165) is 23.5 Å². The highest BCUT2D eigenvalue weighted by molar-refractivity contribution is 7.09. The minimum Gasteiger partial charge on any atom is -0.382 e. The molecule has 0 amide bonds. The minimum absolute atomic E-state index is 0.400. The molecular weight excluding hydrogens is 266 g/mol. The van der Waals surface area contributed by atoms with Crippen LogP contribution in [0.1, 0.15) is 30.7 Å². The number of aryl methyl sites for hydroxylation is 1. The average molecular weight is 287 g/mol. The van der Waals surface area contributed by atoms with Gasteiger partial charge in [0.2, 0.25) is 0 Å². The molecule has 1 aliphatic carbocycles. The lowest BCUT2D eigenvalue weighted by molar-refractivity contribution is 0.411. The van der Waals surface area contributed by atoms with Crippen LogP contribution in [-0.2, 0) is 0 Å². The Hall–Kier alpha value is -1.39. The molecular formula is C16H21N3S. The molecule has 0 radical (unpaired) electrons. The SMILES string of the molecule is Cc1nc(-c2cccc(NC3CCC(N)CC3)c2)cs1. The lowest BCUT2D eigenvalue weighted by Crippen LogP contribution is -2.32.